The van der Waals surface area contributed by atoms with Crippen LogP contribution in [0.5, 0.6) is 0 Å². The molecule has 0 aromatic heterocycles. The Morgan fingerprint density at radius 2 is 1.26 bits per heavy atom. The highest BCUT2D eigenvalue weighted by Gasteiger charge is 2.43. The van der Waals surface area contributed by atoms with Gasteiger partial charge in [0.05, 0.1) is 5.41 Å². The number of rotatable bonds is 2. The standard InChI is InChI=1S/C22H18O.2C2H6/c1-4-15-6-8-17-14(3)12-22(19(17)10-15)13-21(23)18-9-7-16(5-2)11-20(18)22;2*1-2/h4-13,23H,1-2H2,3H3;2*1-2H3. The first kappa shape index (κ1) is 20.5. The molecule has 0 heterocycles. The van der Waals surface area contributed by atoms with Crippen LogP contribution in [0.2, 0.25) is 0 Å². The summed E-state index contributed by atoms with van der Waals surface area (Å²) in [6.45, 7) is 17.9. The quantitative estimate of drug-likeness (QED) is 0.585. The molecule has 0 amide bonds. The van der Waals surface area contributed by atoms with Gasteiger partial charge in [0, 0.05) is 5.56 Å². The molecule has 1 N–H and O–H groups in total. The second-order valence-corrected chi connectivity index (χ2v) is 6.24. The van der Waals surface area contributed by atoms with E-state index >= 15 is 0 Å². The summed E-state index contributed by atoms with van der Waals surface area (Å²) in [5.41, 5.74) is 7.45. The molecule has 2 aromatic carbocycles. The highest BCUT2D eigenvalue weighted by molar-refractivity contribution is 5.87. The molecule has 140 valence electrons. The first-order valence-corrected chi connectivity index (χ1v) is 9.75. The predicted octanol–water partition coefficient (Wildman–Crippen LogP) is 7.64. The van der Waals surface area contributed by atoms with Crippen molar-refractivity contribution in [1.29, 1.82) is 0 Å². The van der Waals surface area contributed by atoms with Crippen molar-refractivity contribution >= 4 is 23.5 Å². The smallest absolute Gasteiger partial charge is 0.120 e. The lowest BCUT2D eigenvalue weighted by Gasteiger charge is -2.24. The monoisotopic (exact) mass is 358 g/mol. The molecule has 1 heteroatoms. The maximum atomic E-state index is 10.5. The molecule has 0 fully saturated rings. The van der Waals surface area contributed by atoms with Crippen LogP contribution in [0, 0.1) is 0 Å². The Morgan fingerprint density at radius 1 is 0.778 bits per heavy atom. The van der Waals surface area contributed by atoms with Gasteiger partial charge in [-0.2, -0.15) is 0 Å². The Kier molecular flexibility index (Phi) is 6.28. The van der Waals surface area contributed by atoms with E-state index in [1.165, 1.54) is 16.7 Å². The Balaban J connectivity index is 0.000000614. The van der Waals surface area contributed by atoms with Crippen molar-refractivity contribution in [2.45, 2.75) is 40.0 Å². The second kappa shape index (κ2) is 8.26. The van der Waals surface area contributed by atoms with E-state index in [2.05, 4.69) is 50.4 Å². The summed E-state index contributed by atoms with van der Waals surface area (Å²) in [6, 6.07) is 12.5. The maximum absolute atomic E-state index is 10.5. The van der Waals surface area contributed by atoms with Crippen molar-refractivity contribution in [3.05, 3.63) is 95.1 Å². The Hall–Kier alpha value is -2.80. The fourth-order valence-corrected chi connectivity index (χ4v) is 3.84. The Bertz CT molecular complexity index is 848. The van der Waals surface area contributed by atoms with Crippen molar-refractivity contribution in [3.63, 3.8) is 0 Å². The number of hydrogen-bond donors (Lipinski definition) is 1. The lowest BCUT2D eigenvalue weighted by Crippen LogP contribution is -2.19. The van der Waals surface area contributed by atoms with Crippen molar-refractivity contribution in [2.75, 3.05) is 0 Å². The average Bonchev–Trinajstić information content (AvgIpc) is 3.17. The lowest BCUT2D eigenvalue weighted by atomic mass is 9.77. The summed E-state index contributed by atoms with van der Waals surface area (Å²) in [5.74, 6) is 0.344. The molecule has 27 heavy (non-hydrogen) atoms. The van der Waals surface area contributed by atoms with Crippen LogP contribution < -0.4 is 0 Å². The van der Waals surface area contributed by atoms with Crippen LogP contribution in [0.25, 0.3) is 23.5 Å². The average molecular weight is 359 g/mol. The van der Waals surface area contributed by atoms with Gasteiger partial charge in [0.1, 0.15) is 5.76 Å². The van der Waals surface area contributed by atoms with Crippen LogP contribution in [0.3, 0.4) is 0 Å². The fourth-order valence-electron chi connectivity index (χ4n) is 3.84. The van der Waals surface area contributed by atoms with Gasteiger partial charge in [-0.05, 0) is 58.5 Å². The minimum atomic E-state index is -0.392. The number of benzene rings is 2. The van der Waals surface area contributed by atoms with Gasteiger partial charge in [-0.3, -0.25) is 0 Å². The van der Waals surface area contributed by atoms with Crippen LogP contribution in [0.15, 0.2) is 61.7 Å². The van der Waals surface area contributed by atoms with Gasteiger partial charge in [-0.1, -0.05) is 83.3 Å². The molecule has 2 aliphatic carbocycles. The van der Waals surface area contributed by atoms with E-state index in [-0.39, 0.29) is 0 Å². The fraction of sp³-hybridized carbons (Fsp3) is 0.231. The Morgan fingerprint density at radius 3 is 1.78 bits per heavy atom. The molecule has 0 saturated heterocycles. The van der Waals surface area contributed by atoms with E-state index in [0.717, 1.165) is 22.3 Å². The van der Waals surface area contributed by atoms with Crippen LogP contribution in [0.1, 0.15) is 68.0 Å². The minimum absolute atomic E-state index is 0.344. The van der Waals surface area contributed by atoms with E-state index in [1.807, 2.05) is 58.1 Å². The third-order valence-corrected chi connectivity index (χ3v) is 4.96. The zero-order valence-corrected chi connectivity index (χ0v) is 17.1. The third-order valence-electron chi connectivity index (χ3n) is 4.96. The van der Waals surface area contributed by atoms with Crippen molar-refractivity contribution in [2.24, 2.45) is 0 Å². The van der Waals surface area contributed by atoms with Crippen LogP contribution in [-0.4, -0.2) is 5.11 Å². The van der Waals surface area contributed by atoms with Gasteiger partial charge in [0.25, 0.3) is 0 Å². The highest BCUT2D eigenvalue weighted by atomic mass is 16.3. The first-order chi connectivity index (χ1) is 13.1. The molecule has 1 unspecified atom stereocenters. The molecular weight excluding hydrogens is 328 g/mol. The highest BCUT2D eigenvalue weighted by Crippen LogP contribution is 2.52. The minimum Gasteiger partial charge on any atom is -0.508 e. The number of allylic oxidation sites excluding steroid dienone is 3. The SMILES string of the molecule is C=Cc1ccc2c(c1)C1(C=C2C)C=C(O)c2ccc(C=C)cc21.CC.CC. The molecular formula is C26H30O. The van der Waals surface area contributed by atoms with Gasteiger partial charge in [-0.25, -0.2) is 0 Å². The van der Waals surface area contributed by atoms with E-state index in [9.17, 15) is 5.11 Å². The van der Waals surface area contributed by atoms with Crippen molar-refractivity contribution in [1.82, 2.24) is 0 Å². The number of fused-ring (bicyclic) bond motifs is 4. The normalized spacial score (nSPS) is 18.1. The van der Waals surface area contributed by atoms with Gasteiger partial charge >= 0.3 is 0 Å². The van der Waals surface area contributed by atoms with Crippen LogP contribution in [-0.2, 0) is 5.41 Å². The molecule has 1 atom stereocenters. The zero-order valence-electron chi connectivity index (χ0n) is 17.1. The largest absolute Gasteiger partial charge is 0.508 e. The van der Waals surface area contributed by atoms with E-state index in [4.69, 9.17) is 0 Å². The van der Waals surface area contributed by atoms with E-state index < -0.39 is 5.41 Å². The summed E-state index contributed by atoms with van der Waals surface area (Å²) in [5, 5.41) is 10.5. The first-order valence-electron chi connectivity index (χ1n) is 9.75. The van der Waals surface area contributed by atoms with Crippen molar-refractivity contribution in [3.8, 4) is 0 Å². The second-order valence-electron chi connectivity index (χ2n) is 6.24. The van der Waals surface area contributed by atoms with Gasteiger partial charge in [-0.15, -0.1) is 0 Å². The Labute approximate surface area is 164 Å². The number of aliphatic hydroxyl groups is 1. The molecule has 2 aliphatic rings. The van der Waals surface area contributed by atoms with Gasteiger partial charge in [0.2, 0.25) is 0 Å². The summed E-state index contributed by atoms with van der Waals surface area (Å²) in [6.07, 6.45) is 7.92. The lowest BCUT2D eigenvalue weighted by molar-refractivity contribution is 0.512. The van der Waals surface area contributed by atoms with Crippen LogP contribution >= 0.6 is 0 Å². The van der Waals surface area contributed by atoms with Gasteiger partial charge < -0.3 is 5.11 Å². The molecule has 0 saturated carbocycles. The third kappa shape index (κ3) is 3.19. The van der Waals surface area contributed by atoms with E-state index in [1.54, 1.807) is 0 Å². The molecule has 1 spiro atoms. The summed E-state index contributed by atoms with van der Waals surface area (Å²) in [7, 11) is 0. The topological polar surface area (TPSA) is 20.2 Å². The van der Waals surface area contributed by atoms with Crippen molar-refractivity contribution < 1.29 is 5.11 Å². The predicted molar refractivity (Wildman–Crippen MR) is 121 cm³/mol. The number of hydrogen-bond acceptors (Lipinski definition) is 1. The van der Waals surface area contributed by atoms with Gasteiger partial charge in [0.15, 0.2) is 0 Å². The van der Waals surface area contributed by atoms with Crippen LogP contribution in [0.4, 0.5) is 0 Å². The number of aliphatic hydroxyl groups excluding tert-OH is 1. The molecule has 0 radical (unpaired) electrons. The zero-order chi connectivity index (χ0) is 20.2. The molecule has 0 bridgehead atoms. The summed E-state index contributed by atoms with van der Waals surface area (Å²) in [4.78, 5) is 0. The molecule has 2 aromatic rings. The van der Waals surface area contributed by atoms with E-state index in [0.29, 0.717) is 5.76 Å². The molecule has 1 nitrogen and oxygen atoms in total. The maximum Gasteiger partial charge on any atom is 0.120 e. The summed E-state index contributed by atoms with van der Waals surface area (Å²) >= 11 is 0. The summed E-state index contributed by atoms with van der Waals surface area (Å²) < 4.78 is 0. The molecule has 4 rings (SSSR count). The molecule has 0 aliphatic heterocycles.